The molecular weight excluding hydrogens is 252 g/mol. The fraction of sp³-hybridized carbons (Fsp3) is 0.588. The number of hydrogen-bond acceptors (Lipinski definition) is 3. The average molecular weight is 272 g/mol. The molecule has 3 nitrogen and oxygen atoms in total. The van der Waals surface area contributed by atoms with Crippen molar-refractivity contribution in [1.82, 2.24) is 0 Å². The van der Waals surface area contributed by atoms with Gasteiger partial charge in [0.2, 0.25) is 0 Å². The maximum absolute atomic E-state index is 12.6. The normalized spacial score (nSPS) is 45.3. The maximum Gasteiger partial charge on any atom is 0.171 e. The Labute approximate surface area is 119 Å². The topological polar surface area (TPSA) is 35.5 Å². The molecule has 0 aromatic heterocycles. The number of ether oxygens (including phenoxy) is 2. The molecule has 3 fully saturated rings. The number of rotatable bonds is 3. The Bertz CT molecular complexity index is 555. The zero-order chi connectivity index (χ0) is 14.0. The Morgan fingerprint density at radius 2 is 2.05 bits per heavy atom. The molecule has 4 rings (SSSR count). The molecular formula is C17H20O3. The predicted octanol–water partition coefficient (Wildman–Crippen LogP) is 2.59. The molecule has 2 saturated carbocycles. The van der Waals surface area contributed by atoms with Crippen LogP contribution in [0.1, 0.15) is 25.8 Å². The number of ketones is 1. The van der Waals surface area contributed by atoms with Gasteiger partial charge in [-0.25, -0.2) is 0 Å². The van der Waals surface area contributed by atoms with Crippen molar-refractivity contribution in [1.29, 1.82) is 0 Å². The maximum atomic E-state index is 12.6. The van der Waals surface area contributed by atoms with E-state index in [2.05, 4.69) is 6.92 Å². The summed E-state index contributed by atoms with van der Waals surface area (Å²) >= 11 is 0. The molecule has 1 aromatic rings. The van der Waals surface area contributed by atoms with Gasteiger partial charge in [-0.2, -0.15) is 0 Å². The largest absolute Gasteiger partial charge is 0.370 e. The number of Topliss-reactive ketones (excluding diaryl/α,β-unsaturated/α-hetero) is 1. The second kappa shape index (κ2) is 3.92. The molecule has 3 heteroatoms. The second-order valence-corrected chi connectivity index (χ2v) is 6.87. The van der Waals surface area contributed by atoms with Gasteiger partial charge >= 0.3 is 0 Å². The Balaban J connectivity index is 1.53. The van der Waals surface area contributed by atoms with Crippen molar-refractivity contribution in [3.05, 3.63) is 35.9 Å². The standard InChI is InChI=1S/C17H20O3/c1-16-10-20-17(2)13(8-12(16)14(16)15(17)18)19-9-11-6-4-3-5-7-11/h3-7,12-14H,8-10H2,1-2H3/t12?,13-,14?,16?,17-/m0/s1. The van der Waals surface area contributed by atoms with Gasteiger partial charge in [0.25, 0.3) is 0 Å². The summed E-state index contributed by atoms with van der Waals surface area (Å²) in [6.07, 6.45) is 0.844. The number of carbonyl (C=O) groups is 1. The van der Waals surface area contributed by atoms with Gasteiger partial charge in [0, 0.05) is 11.3 Å². The molecule has 1 saturated heterocycles. The average Bonchev–Trinajstić information content (AvgIpc) is 3.08. The first kappa shape index (κ1) is 12.5. The van der Waals surface area contributed by atoms with Crippen molar-refractivity contribution < 1.29 is 14.3 Å². The summed E-state index contributed by atoms with van der Waals surface area (Å²) < 4.78 is 12.0. The highest BCUT2D eigenvalue weighted by atomic mass is 16.6. The van der Waals surface area contributed by atoms with E-state index in [1.54, 1.807) is 0 Å². The third-order valence-corrected chi connectivity index (χ3v) is 5.68. The summed E-state index contributed by atoms with van der Waals surface area (Å²) in [5.41, 5.74) is 0.496. The Morgan fingerprint density at radius 3 is 2.80 bits per heavy atom. The van der Waals surface area contributed by atoms with Crippen LogP contribution in [-0.4, -0.2) is 24.1 Å². The highest BCUT2D eigenvalue weighted by molar-refractivity contribution is 5.95. The molecule has 0 radical (unpaired) electrons. The highest BCUT2D eigenvalue weighted by Gasteiger charge is 2.75. The number of fused-ring (bicyclic) bond motifs is 2. The minimum absolute atomic E-state index is 0.0848. The van der Waals surface area contributed by atoms with Crippen LogP contribution in [0.3, 0.4) is 0 Å². The van der Waals surface area contributed by atoms with Crippen molar-refractivity contribution in [2.24, 2.45) is 17.3 Å². The van der Waals surface area contributed by atoms with Gasteiger partial charge in [0.15, 0.2) is 5.78 Å². The quantitative estimate of drug-likeness (QED) is 0.848. The van der Waals surface area contributed by atoms with Crippen molar-refractivity contribution in [2.75, 3.05) is 6.61 Å². The van der Waals surface area contributed by atoms with E-state index < -0.39 is 5.60 Å². The van der Waals surface area contributed by atoms with E-state index in [9.17, 15) is 4.79 Å². The molecule has 3 aliphatic rings. The SMILES string of the molecule is CC12CO[C@]3(C)C(=O)C1C2C[C@@H]3OCc1ccccc1. The Morgan fingerprint density at radius 1 is 1.30 bits per heavy atom. The van der Waals surface area contributed by atoms with Crippen LogP contribution in [0.4, 0.5) is 0 Å². The number of benzene rings is 1. The van der Waals surface area contributed by atoms with Crippen LogP contribution in [0.2, 0.25) is 0 Å². The highest BCUT2D eigenvalue weighted by Crippen LogP contribution is 2.69. The third-order valence-electron chi connectivity index (χ3n) is 5.68. The first-order valence-electron chi connectivity index (χ1n) is 7.39. The van der Waals surface area contributed by atoms with Gasteiger partial charge in [0.1, 0.15) is 5.60 Å². The molecule has 1 heterocycles. The lowest BCUT2D eigenvalue weighted by atomic mass is 9.81. The molecule has 5 atom stereocenters. The number of hydrogen-bond donors (Lipinski definition) is 0. The van der Waals surface area contributed by atoms with Crippen LogP contribution in [0.15, 0.2) is 30.3 Å². The smallest absolute Gasteiger partial charge is 0.171 e. The van der Waals surface area contributed by atoms with Gasteiger partial charge in [-0.15, -0.1) is 0 Å². The zero-order valence-electron chi connectivity index (χ0n) is 12.0. The van der Waals surface area contributed by atoms with Crippen LogP contribution >= 0.6 is 0 Å². The Hall–Kier alpha value is -1.19. The Kier molecular flexibility index (Phi) is 2.46. The van der Waals surface area contributed by atoms with Crippen LogP contribution in [0, 0.1) is 17.3 Å². The van der Waals surface area contributed by atoms with Gasteiger partial charge in [-0.3, -0.25) is 4.79 Å². The molecule has 2 aliphatic carbocycles. The molecule has 0 spiro atoms. The molecule has 1 aromatic carbocycles. The summed E-state index contributed by atoms with van der Waals surface area (Å²) in [5, 5.41) is 0. The molecule has 2 bridgehead atoms. The second-order valence-electron chi connectivity index (χ2n) is 6.87. The van der Waals surface area contributed by atoms with E-state index in [0.29, 0.717) is 19.1 Å². The predicted molar refractivity (Wildman–Crippen MR) is 74.1 cm³/mol. The minimum atomic E-state index is -0.730. The fourth-order valence-electron chi connectivity index (χ4n) is 4.14. The summed E-state index contributed by atoms with van der Waals surface area (Å²) in [6, 6.07) is 10.1. The minimum Gasteiger partial charge on any atom is -0.370 e. The summed E-state index contributed by atoms with van der Waals surface area (Å²) in [4.78, 5) is 12.6. The van der Waals surface area contributed by atoms with Crippen LogP contribution in [-0.2, 0) is 20.9 Å². The van der Waals surface area contributed by atoms with E-state index in [0.717, 1.165) is 12.0 Å². The zero-order valence-corrected chi connectivity index (χ0v) is 12.0. The first-order valence-corrected chi connectivity index (χ1v) is 7.39. The van der Waals surface area contributed by atoms with Gasteiger partial charge in [-0.05, 0) is 24.8 Å². The number of carbonyl (C=O) groups excluding carboxylic acids is 1. The van der Waals surface area contributed by atoms with Gasteiger partial charge in [0.05, 0.1) is 19.3 Å². The first-order chi connectivity index (χ1) is 9.56. The molecule has 20 heavy (non-hydrogen) atoms. The van der Waals surface area contributed by atoms with E-state index in [4.69, 9.17) is 9.47 Å². The summed E-state index contributed by atoms with van der Waals surface area (Å²) in [5.74, 6) is 0.949. The molecule has 106 valence electrons. The summed E-state index contributed by atoms with van der Waals surface area (Å²) in [7, 11) is 0. The van der Waals surface area contributed by atoms with Crippen molar-refractivity contribution in [3.8, 4) is 0 Å². The molecule has 3 unspecified atom stereocenters. The van der Waals surface area contributed by atoms with E-state index in [-0.39, 0.29) is 23.2 Å². The lowest BCUT2D eigenvalue weighted by molar-refractivity contribution is -0.184. The van der Waals surface area contributed by atoms with E-state index in [1.165, 1.54) is 0 Å². The van der Waals surface area contributed by atoms with Crippen LogP contribution in [0.25, 0.3) is 0 Å². The lowest BCUT2D eigenvalue weighted by Crippen LogP contribution is -2.55. The lowest BCUT2D eigenvalue weighted by Gasteiger charge is -2.40. The van der Waals surface area contributed by atoms with Crippen LogP contribution < -0.4 is 0 Å². The molecule has 1 aliphatic heterocycles. The molecule has 0 amide bonds. The monoisotopic (exact) mass is 272 g/mol. The van der Waals surface area contributed by atoms with Gasteiger partial charge < -0.3 is 9.47 Å². The van der Waals surface area contributed by atoms with Crippen molar-refractivity contribution in [3.63, 3.8) is 0 Å². The van der Waals surface area contributed by atoms with E-state index >= 15 is 0 Å². The van der Waals surface area contributed by atoms with E-state index in [1.807, 2.05) is 37.3 Å². The summed E-state index contributed by atoms with van der Waals surface area (Å²) in [6.45, 7) is 5.35. The fourth-order valence-corrected chi connectivity index (χ4v) is 4.14. The third kappa shape index (κ3) is 1.51. The molecule has 0 N–H and O–H groups in total. The van der Waals surface area contributed by atoms with Gasteiger partial charge in [-0.1, -0.05) is 37.3 Å². The van der Waals surface area contributed by atoms with Crippen molar-refractivity contribution >= 4 is 5.78 Å². The van der Waals surface area contributed by atoms with Crippen molar-refractivity contribution in [2.45, 2.75) is 38.6 Å². The van der Waals surface area contributed by atoms with Crippen LogP contribution in [0.5, 0.6) is 0 Å².